The normalized spacial score (nSPS) is 17.2. The lowest BCUT2D eigenvalue weighted by Gasteiger charge is -2.41. The molecule has 4 rings (SSSR count). The lowest BCUT2D eigenvalue weighted by molar-refractivity contribution is 0.0676. The third kappa shape index (κ3) is 3.33. The van der Waals surface area contributed by atoms with Gasteiger partial charge in [0.15, 0.2) is 0 Å². The Kier molecular flexibility index (Phi) is 4.67. The van der Waals surface area contributed by atoms with Crippen molar-refractivity contribution in [2.75, 3.05) is 31.6 Å². The van der Waals surface area contributed by atoms with Crippen LogP contribution in [0.2, 0.25) is 0 Å². The average Bonchev–Trinajstić information content (AvgIpc) is 2.73. The highest BCUT2D eigenvalue weighted by molar-refractivity contribution is 6.07. The summed E-state index contributed by atoms with van der Waals surface area (Å²) in [6.07, 6.45) is 3.54. The van der Waals surface area contributed by atoms with Crippen LogP contribution in [0.15, 0.2) is 60.9 Å². The van der Waals surface area contributed by atoms with Gasteiger partial charge in [0.2, 0.25) is 0 Å². The van der Waals surface area contributed by atoms with E-state index in [1.807, 2.05) is 41.3 Å². The van der Waals surface area contributed by atoms with Gasteiger partial charge in [0, 0.05) is 54.7 Å². The summed E-state index contributed by atoms with van der Waals surface area (Å²) in [4.78, 5) is 21.7. The molecule has 1 aliphatic rings. The summed E-state index contributed by atoms with van der Waals surface area (Å²) in [5, 5.41) is 1.95. The van der Waals surface area contributed by atoms with Gasteiger partial charge in [-0.1, -0.05) is 12.1 Å². The van der Waals surface area contributed by atoms with Gasteiger partial charge < -0.3 is 14.5 Å². The summed E-state index contributed by atoms with van der Waals surface area (Å²) in [5.74, 6) is 0.944. The van der Waals surface area contributed by atoms with E-state index < -0.39 is 0 Å². The van der Waals surface area contributed by atoms with Crippen molar-refractivity contribution < 1.29 is 9.53 Å². The zero-order valence-corrected chi connectivity index (χ0v) is 15.6. The van der Waals surface area contributed by atoms with E-state index in [0.717, 1.165) is 40.9 Å². The Balaban J connectivity index is 1.53. The number of anilines is 1. The molecule has 0 radical (unpaired) electrons. The minimum absolute atomic E-state index is 0.0914. The van der Waals surface area contributed by atoms with Crippen molar-refractivity contribution in [2.24, 2.45) is 0 Å². The molecule has 1 atom stereocenters. The first-order chi connectivity index (χ1) is 13.2. The van der Waals surface area contributed by atoms with Crippen LogP contribution < -0.4 is 9.64 Å². The van der Waals surface area contributed by atoms with Crippen LogP contribution in [0.25, 0.3) is 10.8 Å². The van der Waals surface area contributed by atoms with Crippen molar-refractivity contribution in [3.63, 3.8) is 0 Å². The first kappa shape index (κ1) is 17.3. The van der Waals surface area contributed by atoms with Gasteiger partial charge in [-0.05, 0) is 48.7 Å². The van der Waals surface area contributed by atoms with Crippen molar-refractivity contribution in [2.45, 2.75) is 13.0 Å². The molecule has 0 spiro atoms. The number of methoxy groups -OCH3 is 1. The minimum Gasteiger partial charge on any atom is -0.497 e. The molecular weight excluding hydrogens is 338 g/mol. The molecule has 138 valence electrons. The number of carbonyl (C=O) groups excluding carboxylic acids is 1. The number of benzene rings is 2. The molecular formula is C22H23N3O2. The van der Waals surface area contributed by atoms with Gasteiger partial charge in [0.25, 0.3) is 5.91 Å². The van der Waals surface area contributed by atoms with Crippen molar-refractivity contribution in [3.05, 3.63) is 66.5 Å². The van der Waals surface area contributed by atoms with Crippen LogP contribution in [0, 0.1) is 0 Å². The monoisotopic (exact) mass is 361 g/mol. The highest BCUT2D eigenvalue weighted by Crippen LogP contribution is 2.25. The van der Waals surface area contributed by atoms with Crippen LogP contribution in [0.3, 0.4) is 0 Å². The molecule has 1 fully saturated rings. The van der Waals surface area contributed by atoms with E-state index in [1.54, 1.807) is 19.5 Å². The van der Waals surface area contributed by atoms with Gasteiger partial charge in [-0.25, -0.2) is 0 Å². The number of amides is 1. The summed E-state index contributed by atoms with van der Waals surface area (Å²) in [6.45, 7) is 4.44. The predicted octanol–water partition coefficient (Wildman–Crippen LogP) is 3.59. The SMILES string of the molecule is COc1ccc(N2CCN(C(=O)c3cccc4cnccc34)C(C)C2)cc1. The third-order valence-electron chi connectivity index (χ3n) is 5.24. The highest BCUT2D eigenvalue weighted by Gasteiger charge is 2.29. The van der Waals surface area contributed by atoms with Crippen molar-refractivity contribution in [1.29, 1.82) is 0 Å². The highest BCUT2D eigenvalue weighted by atomic mass is 16.5. The third-order valence-corrected chi connectivity index (χ3v) is 5.24. The second-order valence-electron chi connectivity index (χ2n) is 6.89. The molecule has 1 amide bonds. The van der Waals surface area contributed by atoms with Crippen LogP contribution in [0.1, 0.15) is 17.3 Å². The number of rotatable bonds is 3. The second-order valence-corrected chi connectivity index (χ2v) is 6.89. The zero-order chi connectivity index (χ0) is 18.8. The molecule has 2 aromatic carbocycles. The molecule has 0 N–H and O–H groups in total. The standard InChI is InChI=1S/C22H23N3O2/c1-16-15-24(18-6-8-19(27-2)9-7-18)12-13-25(16)22(26)21-5-3-4-17-14-23-11-10-20(17)21/h3-11,14,16H,12-13,15H2,1-2H3. The molecule has 0 aliphatic carbocycles. The molecule has 1 aromatic heterocycles. The summed E-state index contributed by atoms with van der Waals surface area (Å²) in [5.41, 5.74) is 1.91. The Labute approximate surface area is 159 Å². The number of nitrogens with zero attached hydrogens (tertiary/aromatic N) is 3. The first-order valence-corrected chi connectivity index (χ1v) is 9.20. The first-order valence-electron chi connectivity index (χ1n) is 9.20. The van der Waals surface area contributed by atoms with Crippen LogP contribution in [0.4, 0.5) is 5.69 Å². The molecule has 1 unspecified atom stereocenters. The smallest absolute Gasteiger partial charge is 0.254 e. The van der Waals surface area contributed by atoms with Crippen molar-refractivity contribution in [3.8, 4) is 5.75 Å². The number of hydrogen-bond donors (Lipinski definition) is 0. The Morgan fingerprint density at radius 3 is 2.67 bits per heavy atom. The number of hydrogen-bond acceptors (Lipinski definition) is 4. The van der Waals surface area contributed by atoms with Crippen LogP contribution >= 0.6 is 0 Å². The van der Waals surface area contributed by atoms with Crippen LogP contribution in [-0.4, -0.2) is 48.6 Å². The minimum atomic E-state index is 0.0914. The topological polar surface area (TPSA) is 45.7 Å². The Morgan fingerprint density at radius 1 is 1.11 bits per heavy atom. The quantitative estimate of drug-likeness (QED) is 0.715. The van der Waals surface area contributed by atoms with E-state index in [0.29, 0.717) is 6.54 Å². The lowest BCUT2D eigenvalue weighted by atomic mass is 10.0. The Hall–Kier alpha value is -3.08. The molecule has 1 saturated heterocycles. The van der Waals surface area contributed by atoms with Crippen molar-refractivity contribution >= 4 is 22.4 Å². The molecule has 5 heteroatoms. The molecule has 27 heavy (non-hydrogen) atoms. The van der Waals surface area contributed by atoms with E-state index >= 15 is 0 Å². The zero-order valence-electron chi connectivity index (χ0n) is 15.6. The largest absolute Gasteiger partial charge is 0.497 e. The number of piperazine rings is 1. The van der Waals surface area contributed by atoms with Gasteiger partial charge in [0.05, 0.1) is 7.11 Å². The fraction of sp³-hybridized carbons (Fsp3) is 0.273. The van der Waals surface area contributed by atoms with Gasteiger partial charge in [-0.3, -0.25) is 9.78 Å². The molecule has 0 saturated carbocycles. The number of carbonyl (C=O) groups is 1. The average molecular weight is 361 g/mol. The lowest BCUT2D eigenvalue weighted by Crippen LogP contribution is -2.54. The summed E-state index contributed by atoms with van der Waals surface area (Å²) < 4.78 is 5.23. The summed E-state index contributed by atoms with van der Waals surface area (Å²) in [7, 11) is 1.67. The molecule has 3 aromatic rings. The maximum atomic E-state index is 13.2. The second kappa shape index (κ2) is 7.27. The van der Waals surface area contributed by atoms with Gasteiger partial charge >= 0.3 is 0 Å². The number of aromatic nitrogens is 1. The van der Waals surface area contributed by atoms with Crippen LogP contribution in [0.5, 0.6) is 5.75 Å². The molecule has 1 aliphatic heterocycles. The number of fused-ring (bicyclic) bond motifs is 1. The van der Waals surface area contributed by atoms with E-state index in [4.69, 9.17) is 4.74 Å². The molecule has 5 nitrogen and oxygen atoms in total. The van der Waals surface area contributed by atoms with Crippen LogP contribution in [-0.2, 0) is 0 Å². The van der Waals surface area contributed by atoms with Gasteiger partial charge in [-0.15, -0.1) is 0 Å². The van der Waals surface area contributed by atoms with Gasteiger partial charge in [0.1, 0.15) is 5.75 Å². The van der Waals surface area contributed by atoms with E-state index in [1.165, 1.54) is 0 Å². The number of ether oxygens (including phenoxy) is 1. The fourth-order valence-corrected chi connectivity index (χ4v) is 3.75. The Morgan fingerprint density at radius 2 is 1.93 bits per heavy atom. The summed E-state index contributed by atoms with van der Waals surface area (Å²) in [6, 6.07) is 16.0. The van der Waals surface area contributed by atoms with E-state index in [9.17, 15) is 4.79 Å². The van der Waals surface area contributed by atoms with E-state index in [2.05, 4.69) is 28.9 Å². The maximum Gasteiger partial charge on any atom is 0.254 e. The predicted molar refractivity (Wildman–Crippen MR) is 107 cm³/mol. The Bertz CT molecular complexity index is 950. The fourth-order valence-electron chi connectivity index (χ4n) is 3.75. The van der Waals surface area contributed by atoms with Crippen molar-refractivity contribution in [1.82, 2.24) is 9.88 Å². The number of pyridine rings is 1. The van der Waals surface area contributed by atoms with Gasteiger partial charge in [-0.2, -0.15) is 0 Å². The van der Waals surface area contributed by atoms with E-state index in [-0.39, 0.29) is 11.9 Å². The maximum absolute atomic E-state index is 13.2. The molecule has 2 heterocycles. The summed E-state index contributed by atoms with van der Waals surface area (Å²) >= 11 is 0. The molecule has 0 bridgehead atoms.